The van der Waals surface area contributed by atoms with Crippen LogP contribution < -0.4 is 4.74 Å². The number of rotatable bonds is 4. The highest BCUT2D eigenvalue weighted by Crippen LogP contribution is 2.27. The van der Waals surface area contributed by atoms with Gasteiger partial charge in [-0.2, -0.15) is 0 Å². The number of benzene rings is 1. The van der Waals surface area contributed by atoms with E-state index in [1.807, 2.05) is 39.0 Å². The monoisotopic (exact) mass is 275 g/mol. The number of piperidine rings is 1. The number of Topliss-reactive ketones (excluding diaryl/α,β-unsaturated/α-hetero) is 1. The maximum Gasteiger partial charge on any atom is 0.182 e. The molecule has 1 aromatic rings. The van der Waals surface area contributed by atoms with E-state index in [1.165, 1.54) is 19.3 Å². The van der Waals surface area contributed by atoms with Gasteiger partial charge in [-0.15, -0.1) is 0 Å². The molecule has 1 fully saturated rings. The average molecular weight is 275 g/mol. The van der Waals surface area contributed by atoms with Gasteiger partial charge in [-0.1, -0.05) is 6.42 Å². The molecule has 0 spiro atoms. The van der Waals surface area contributed by atoms with Crippen LogP contribution in [0.1, 0.15) is 49.0 Å². The SMILES string of the molecule is COc1ccc(C(=O)C(C)(C)N2CCCCC2)c(C)c1. The normalized spacial score (nSPS) is 17.0. The molecule has 3 nitrogen and oxygen atoms in total. The van der Waals surface area contributed by atoms with Gasteiger partial charge >= 0.3 is 0 Å². The van der Waals surface area contributed by atoms with Gasteiger partial charge in [0.1, 0.15) is 5.75 Å². The van der Waals surface area contributed by atoms with Crippen molar-refractivity contribution in [3.05, 3.63) is 29.3 Å². The Hall–Kier alpha value is -1.35. The van der Waals surface area contributed by atoms with Crippen molar-refractivity contribution in [3.8, 4) is 5.75 Å². The predicted octanol–water partition coefficient (Wildman–Crippen LogP) is 3.45. The third-order valence-corrected chi connectivity index (χ3v) is 4.38. The van der Waals surface area contributed by atoms with E-state index in [4.69, 9.17) is 4.74 Å². The summed E-state index contributed by atoms with van der Waals surface area (Å²) in [6.45, 7) is 8.11. The lowest BCUT2D eigenvalue weighted by atomic mass is 9.87. The summed E-state index contributed by atoms with van der Waals surface area (Å²) in [7, 11) is 1.65. The highest BCUT2D eigenvalue weighted by Gasteiger charge is 2.36. The van der Waals surface area contributed by atoms with Crippen LogP contribution in [0.5, 0.6) is 5.75 Å². The summed E-state index contributed by atoms with van der Waals surface area (Å²) < 4.78 is 5.21. The third kappa shape index (κ3) is 2.88. The molecule has 0 N–H and O–H groups in total. The van der Waals surface area contributed by atoms with Gasteiger partial charge in [0, 0.05) is 5.56 Å². The fourth-order valence-corrected chi connectivity index (χ4v) is 2.94. The number of hydrogen-bond donors (Lipinski definition) is 0. The summed E-state index contributed by atoms with van der Waals surface area (Å²) in [5, 5.41) is 0. The Labute approximate surface area is 121 Å². The molecule has 2 rings (SSSR count). The Morgan fingerprint density at radius 1 is 1.20 bits per heavy atom. The highest BCUT2D eigenvalue weighted by atomic mass is 16.5. The van der Waals surface area contributed by atoms with Crippen molar-refractivity contribution in [1.29, 1.82) is 0 Å². The molecule has 0 aromatic heterocycles. The topological polar surface area (TPSA) is 29.5 Å². The second kappa shape index (κ2) is 5.96. The van der Waals surface area contributed by atoms with E-state index in [9.17, 15) is 4.79 Å². The van der Waals surface area contributed by atoms with Gasteiger partial charge < -0.3 is 4.74 Å². The summed E-state index contributed by atoms with van der Waals surface area (Å²) >= 11 is 0. The fourth-order valence-electron chi connectivity index (χ4n) is 2.94. The van der Waals surface area contributed by atoms with E-state index in [0.29, 0.717) is 0 Å². The summed E-state index contributed by atoms with van der Waals surface area (Å²) in [5.74, 6) is 1.01. The average Bonchev–Trinajstić information content (AvgIpc) is 2.47. The minimum atomic E-state index is -0.431. The fraction of sp³-hybridized carbons (Fsp3) is 0.588. The van der Waals surface area contributed by atoms with Crippen LogP contribution in [-0.4, -0.2) is 36.4 Å². The second-order valence-electron chi connectivity index (χ2n) is 6.12. The zero-order valence-corrected chi connectivity index (χ0v) is 13.0. The number of nitrogens with zero attached hydrogens (tertiary/aromatic N) is 1. The third-order valence-electron chi connectivity index (χ3n) is 4.38. The maximum absolute atomic E-state index is 12.9. The summed E-state index contributed by atoms with van der Waals surface area (Å²) in [6, 6.07) is 5.69. The summed E-state index contributed by atoms with van der Waals surface area (Å²) in [4.78, 5) is 15.2. The molecular weight excluding hydrogens is 250 g/mol. The van der Waals surface area contributed by atoms with E-state index in [2.05, 4.69) is 4.90 Å². The van der Waals surface area contributed by atoms with Crippen LogP contribution in [0.4, 0.5) is 0 Å². The minimum Gasteiger partial charge on any atom is -0.497 e. The first-order valence-corrected chi connectivity index (χ1v) is 7.41. The molecule has 110 valence electrons. The molecular formula is C17H25NO2. The van der Waals surface area contributed by atoms with Gasteiger partial charge in [0.15, 0.2) is 5.78 Å². The molecule has 1 heterocycles. The molecule has 3 heteroatoms. The molecule has 0 radical (unpaired) electrons. The number of hydrogen-bond acceptors (Lipinski definition) is 3. The summed E-state index contributed by atoms with van der Waals surface area (Å²) in [5.41, 5.74) is 1.36. The number of ether oxygens (including phenoxy) is 1. The molecule has 1 aliphatic rings. The van der Waals surface area contributed by atoms with Crippen LogP contribution in [0.15, 0.2) is 18.2 Å². The Morgan fingerprint density at radius 2 is 1.85 bits per heavy atom. The quantitative estimate of drug-likeness (QED) is 0.788. The number of methoxy groups -OCH3 is 1. The van der Waals surface area contributed by atoms with Crippen molar-refractivity contribution in [2.24, 2.45) is 0 Å². The lowest BCUT2D eigenvalue weighted by Gasteiger charge is -2.40. The van der Waals surface area contributed by atoms with Crippen molar-refractivity contribution in [2.45, 2.75) is 45.6 Å². The lowest BCUT2D eigenvalue weighted by molar-refractivity contribution is 0.0578. The van der Waals surface area contributed by atoms with Gasteiger partial charge in [-0.3, -0.25) is 9.69 Å². The Kier molecular flexibility index (Phi) is 4.48. The first kappa shape index (κ1) is 15.0. The van der Waals surface area contributed by atoms with Crippen LogP contribution in [0, 0.1) is 6.92 Å². The molecule has 20 heavy (non-hydrogen) atoms. The van der Waals surface area contributed by atoms with E-state index < -0.39 is 5.54 Å². The number of ketones is 1. The number of carbonyl (C=O) groups is 1. The highest BCUT2D eigenvalue weighted by molar-refractivity contribution is 6.03. The number of likely N-dealkylation sites (tertiary alicyclic amines) is 1. The van der Waals surface area contributed by atoms with Gasteiger partial charge in [-0.25, -0.2) is 0 Å². The van der Waals surface area contributed by atoms with Gasteiger partial charge in [0.05, 0.1) is 12.6 Å². The van der Waals surface area contributed by atoms with Crippen LogP contribution in [0.2, 0.25) is 0 Å². The molecule has 0 saturated carbocycles. The van der Waals surface area contributed by atoms with Gasteiger partial charge in [-0.05, 0) is 70.5 Å². The van der Waals surface area contributed by atoms with E-state index in [-0.39, 0.29) is 5.78 Å². The molecule has 0 atom stereocenters. The minimum absolute atomic E-state index is 0.208. The number of carbonyl (C=O) groups excluding carboxylic acids is 1. The van der Waals surface area contributed by atoms with E-state index in [1.54, 1.807) is 7.11 Å². The van der Waals surface area contributed by atoms with Crippen molar-refractivity contribution in [3.63, 3.8) is 0 Å². The lowest BCUT2D eigenvalue weighted by Crippen LogP contribution is -2.52. The molecule has 1 aromatic carbocycles. The Bertz CT molecular complexity index is 488. The largest absolute Gasteiger partial charge is 0.497 e. The molecule has 1 aliphatic heterocycles. The van der Waals surface area contributed by atoms with Gasteiger partial charge in [0.25, 0.3) is 0 Å². The zero-order chi connectivity index (χ0) is 14.8. The molecule has 1 saturated heterocycles. The van der Waals surface area contributed by atoms with Crippen LogP contribution in [-0.2, 0) is 0 Å². The number of aryl methyl sites for hydroxylation is 1. The first-order valence-electron chi connectivity index (χ1n) is 7.41. The van der Waals surface area contributed by atoms with Crippen LogP contribution in [0.3, 0.4) is 0 Å². The molecule has 0 bridgehead atoms. The van der Waals surface area contributed by atoms with Crippen molar-refractivity contribution in [2.75, 3.05) is 20.2 Å². The van der Waals surface area contributed by atoms with E-state index >= 15 is 0 Å². The second-order valence-corrected chi connectivity index (χ2v) is 6.12. The predicted molar refractivity (Wildman–Crippen MR) is 81.6 cm³/mol. The molecule has 0 amide bonds. The summed E-state index contributed by atoms with van der Waals surface area (Å²) in [6.07, 6.45) is 3.67. The molecule has 0 aliphatic carbocycles. The van der Waals surface area contributed by atoms with Crippen LogP contribution >= 0.6 is 0 Å². The standard InChI is InChI=1S/C17H25NO2/c1-13-12-14(20-4)8-9-15(13)16(19)17(2,3)18-10-6-5-7-11-18/h8-9,12H,5-7,10-11H2,1-4H3. The maximum atomic E-state index is 12.9. The van der Waals surface area contributed by atoms with Crippen molar-refractivity contribution in [1.82, 2.24) is 4.90 Å². The van der Waals surface area contributed by atoms with Gasteiger partial charge in [0.2, 0.25) is 0 Å². The zero-order valence-electron chi connectivity index (χ0n) is 13.0. The Morgan fingerprint density at radius 3 is 2.40 bits per heavy atom. The van der Waals surface area contributed by atoms with E-state index in [0.717, 1.165) is 30.0 Å². The van der Waals surface area contributed by atoms with Crippen LogP contribution in [0.25, 0.3) is 0 Å². The molecule has 0 unspecified atom stereocenters. The first-order chi connectivity index (χ1) is 9.46. The Balaban J connectivity index is 2.25. The van der Waals surface area contributed by atoms with Crippen molar-refractivity contribution >= 4 is 5.78 Å². The van der Waals surface area contributed by atoms with Crippen molar-refractivity contribution < 1.29 is 9.53 Å². The smallest absolute Gasteiger partial charge is 0.182 e.